The summed E-state index contributed by atoms with van der Waals surface area (Å²) >= 11 is 0. The van der Waals surface area contributed by atoms with Crippen molar-refractivity contribution in [3.63, 3.8) is 0 Å². The number of hydrogen-bond donors (Lipinski definition) is 3. The average molecular weight is 565 g/mol. The molecule has 0 fully saturated rings. The van der Waals surface area contributed by atoms with Crippen molar-refractivity contribution in [1.29, 1.82) is 0 Å². The number of anilines is 1. The summed E-state index contributed by atoms with van der Waals surface area (Å²) in [5, 5.41) is 8.10. The minimum Gasteiger partial charge on any atom is -0.461 e. The summed E-state index contributed by atoms with van der Waals surface area (Å²) in [5.41, 5.74) is 1.29. The first kappa shape index (κ1) is 34.0. The van der Waals surface area contributed by atoms with Crippen molar-refractivity contribution in [1.82, 2.24) is 15.5 Å². The fourth-order valence-electron chi connectivity index (χ4n) is 3.65. The Morgan fingerprint density at radius 1 is 0.875 bits per heavy atom. The number of benzene rings is 1. The third kappa shape index (κ3) is 11.8. The van der Waals surface area contributed by atoms with Gasteiger partial charge in [0.2, 0.25) is 17.7 Å². The Morgan fingerprint density at radius 3 is 2.02 bits per heavy atom. The average Bonchev–Trinajstić information content (AvgIpc) is 3.24. The van der Waals surface area contributed by atoms with E-state index in [2.05, 4.69) is 16.0 Å². The zero-order chi connectivity index (χ0) is 30.2. The summed E-state index contributed by atoms with van der Waals surface area (Å²) in [7, 11) is 0. The van der Waals surface area contributed by atoms with Crippen LogP contribution in [0.5, 0.6) is 0 Å². The molecule has 2 rings (SSSR count). The predicted octanol–water partition coefficient (Wildman–Crippen LogP) is 3.58. The number of amides is 5. The van der Waals surface area contributed by atoms with Crippen LogP contribution in [0.2, 0.25) is 0 Å². The van der Waals surface area contributed by atoms with E-state index in [1.165, 1.54) is 19.1 Å². The van der Waals surface area contributed by atoms with Gasteiger partial charge in [0, 0.05) is 42.0 Å². The molecule has 0 radical (unpaired) electrons. The lowest BCUT2D eigenvalue weighted by atomic mass is 10.0. The summed E-state index contributed by atoms with van der Waals surface area (Å²) in [5.74, 6) is -2.42. The maximum atomic E-state index is 12.8. The highest BCUT2D eigenvalue weighted by Gasteiger charge is 2.27. The van der Waals surface area contributed by atoms with Gasteiger partial charge in [0.25, 0.3) is 11.8 Å². The smallest absolute Gasteiger partial charge is 0.302 e. The van der Waals surface area contributed by atoms with Crippen LogP contribution < -0.4 is 16.0 Å². The van der Waals surface area contributed by atoms with Crippen molar-refractivity contribution in [2.75, 3.05) is 11.9 Å². The third-order valence-corrected chi connectivity index (χ3v) is 5.87. The van der Waals surface area contributed by atoms with Crippen LogP contribution in [0.15, 0.2) is 36.4 Å². The van der Waals surface area contributed by atoms with Gasteiger partial charge >= 0.3 is 5.97 Å². The van der Waals surface area contributed by atoms with Crippen LogP contribution in [0.3, 0.4) is 0 Å². The van der Waals surface area contributed by atoms with E-state index < -0.39 is 23.9 Å². The predicted molar refractivity (Wildman–Crippen MR) is 157 cm³/mol. The molecule has 0 aliphatic carbocycles. The maximum absolute atomic E-state index is 12.8. The second kappa shape index (κ2) is 17.5. The first-order chi connectivity index (χ1) is 19.0. The number of hydrogen-bond acceptors (Lipinski definition) is 7. The summed E-state index contributed by atoms with van der Waals surface area (Å²) in [6.07, 6.45) is 4.45. The molecule has 5 amide bonds. The first-order valence-electron chi connectivity index (χ1n) is 13.6. The van der Waals surface area contributed by atoms with Crippen molar-refractivity contribution in [2.24, 2.45) is 5.92 Å². The number of carbonyl (C=O) groups is 6. The van der Waals surface area contributed by atoms with Crippen molar-refractivity contribution >= 4 is 41.2 Å². The molecule has 0 aromatic heterocycles. The van der Waals surface area contributed by atoms with E-state index in [0.29, 0.717) is 31.5 Å². The number of nitrogens with zero attached hydrogens (tertiary/aromatic N) is 1. The van der Waals surface area contributed by atoms with Gasteiger partial charge in [-0.05, 0) is 43.4 Å². The van der Waals surface area contributed by atoms with Gasteiger partial charge in [-0.3, -0.25) is 33.7 Å². The van der Waals surface area contributed by atoms with Gasteiger partial charge in [-0.15, -0.1) is 0 Å². The lowest BCUT2D eigenvalue weighted by Crippen LogP contribution is -2.53. The molecule has 3 N–H and O–H groups in total. The molecule has 0 saturated carbocycles. The standard InChI is InChI=1S/C27H36N4O7.C2H6.3H2/c1-17(2)25(30-22(33)8-6-5-7-15-31-23(34)13-14-24(31)35)27(37)28-18(3)26(36)29-21-11-9-20(10-12-21)16-38-19(4)32;1-2;;;/h9-14,17-18,25H,5-8,15-16H2,1-4H3,(H,28,37)(H,29,36)(H,30,33);1-2H3;3*1H/t18-,25-;;;;/m0..../s1. The van der Waals surface area contributed by atoms with Gasteiger partial charge < -0.3 is 20.7 Å². The highest BCUT2D eigenvalue weighted by atomic mass is 16.5. The molecule has 0 saturated heterocycles. The third-order valence-electron chi connectivity index (χ3n) is 5.87. The topological polar surface area (TPSA) is 151 Å². The molecule has 0 spiro atoms. The molecule has 11 heteroatoms. The maximum Gasteiger partial charge on any atom is 0.302 e. The van der Waals surface area contributed by atoms with Crippen LogP contribution in [0.1, 0.15) is 77.1 Å². The Labute approximate surface area is 240 Å². The SMILES string of the molecule is CC.CC(=O)OCc1ccc(NC(=O)[C@H](C)NC(=O)[C@@H](NC(=O)CCCCCN2C(=O)C=CC2=O)C(C)C)cc1.[HH].[HH].[HH]. The van der Waals surface area contributed by atoms with Gasteiger partial charge in [0.15, 0.2) is 0 Å². The van der Waals surface area contributed by atoms with Gasteiger partial charge in [0.05, 0.1) is 0 Å². The quantitative estimate of drug-likeness (QED) is 0.177. The van der Waals surface area contributed by atoms with Crippen molar-refractivity contribution in [3.8, 4) is 0 Å². The molecule has 40 heavy (non-hydrogen) atoms. The number of nitrogens with one attached hydrogen (secondary N) is 3. The molecular formula is C29H48N4O7. The fourth-order valence-corrected chi connectivity index (χ4v) is 3.65. The molecule has 1 aliphatic heterocycles. The summed E-state index contributed by atoms with van der Waals surface area (Å²) in [6, 6.07) is 5.10. The van der Waals surface area contributed by atoms with E-state index in [1.807, 2.05) is 13.8 Å². The molecule has 11 nitrogen and oxygen atoms in total. The fraction of sp³-hybridized carbons (Fsp3) is 0.517. The van der Waals surface area contributed by atoms with E-state index in [4.69, 9.17) is 4.74 Å². The second-order valence-corrected chi connectivity index (χ2v) is 9.46. The van der Waals surface area contributed by atoms with E-state index in [1.54, 1.807) is 45.0 Å². The lowest BCUT2D eigenvalue weighted by molar-refractivity contribution is -0.142. The van der Waals surface area contributed by atoms with Crippen molar-refractivity contribution in [3.05, 3.63) is 42.0 Å². The Kier molecular flexibility index (Phi) is 14.9. The summed E-state index contributed by atoms with van der Waals surface area (Å²) in [6.45, 7) is 10.9. The highest BCUT2D eigenvalue weighted by Crippen LogP contribution is 2.12. The monoisotopic (exact) mass is 564 g/mol. The second-order valence-electron chi connectivity index (χ2n) is 9.46. The van der Waals surface area contributed by atoms with Crippen LogP contribution >= 0.6 is 0 Å². The van der Waals surface area contributed by atoms with Crippen molar-refractivity contribution in [2.45, 2.75) is 85.9 Å². The van der Waals surface area contributed by atoms with Crippen LogP contribution in [0.25, 0.3) is 0 Å². The molecule has 0 bridgehead atoms. The Hall–Kier alpha value is -4.02. The number of ether oxygens (including phenoxy) is 1. The van der Waals surface area contributed by atoms with Crippen molar-refractivity contribution < 1.29 is 37.8 Å². The van der Waals surface area contributed by atoms with E-state index >= 15 is 0 Å². The molecule has 1 heterocycles. The first-order valence-corrected chi connectivity index (χ1v) is 13.6. The molecule has 1 aliphatic rings. The number of imide groups is 1. The van der Waals surface area contributed by atoms with Gasteiger partial charge in [-0.1, -0.05) is 46.2 Å². The van der Waals surface area contributed by atoms with Crippen LogP contribution in [0, 0.1) is 5.92 Å². The van der Waals surface area contributed by atoms with E-state index in [9.17, 15) is 28.8 Å². The van der Waals surface area contributed by atoms with Gasteiger partial charge in [-0.2, -0.15) is 0 Å². The van der Waals surface area contributed by atoms with Gasteiger partial charge in [-0.25, -0.2) is 0 Å². The summed E-state index contributed by atoms with van der Waals surface area (Å²) in [4.78, 5) is 73.0. The molecule has 1 aromatic rings. The normalized spacial score (nSPS) is 13.7. The Morgan fingerprint density at radius 2 is 1.48 bits per heavy atom. The summed E-state index contributed by atoms with van der Waals surface area (Å²) < 4.78 is 4.93. The largest absolute Gasteiger partial charge is 0.461 e. The zero-order valence-electron chi connectivity index (χ0n) is 24.2. The van der Waals surface area contributed by atoms with Gasteiger partial charge in [0.1, 0.15) is 18.7 Å². The zero-order valence-corrected chi connectivity index (χ0v) is 24.2. The minimum absolute atomic E-state index is 0. The number of carbonyl (C=O) groups excluding carboxylic acids is 6. The molecule has 2 atom stereocenters. The highest BCUT2D eigenvalue weighted by molar-refractivity contribution is 6.12. The van der Waals surface area contributed by atoms with Crippen LogP contribution in [-0.2, 0) is 40.1 Å². The lowest BCUT2D eigenvalue weighted by Gasteiger charge is -2.24. The minimum atomic E-state index is -0.855. The number of unbranched alkanes of at least 4 members (excludes halogenated alkanes) is 2. The molecule has 226 valence electrons. The van der Waals surface area contributed by atoms with Crippen LogP contribution in [0.4, 0.5) is 5.69 Å². The van der Waals surface area contributed by atoms with Crippen LogP contribution in [-0.4, -0.2) is 59.0 Å². The molecule has 1 aromatic carbocycles. The van der Waals surface area contributed by atoms with E-state index in [0.717, 1.165) is 10.5 Å². The number of esters is 1. The Bertz CT molecular complexity index is 1060. The Balaban J connectivity index is -0.00000313. The van der Waals surface area contributed by atoms with E-state index in [-0.39, 0.29) is 46.9 Å². The number of rotatable bonds is 14. The molecule has 0 unspecified atom stereocenters. The molecular weight excluding hydrogens is 516 g/mol.